The van der Waals surface area contributed by atoms with Crippen LogP contribution in [0.3, 0.4) is 0 Å². The maximum atomic E-state index is 5.86. The van der Waals surface area contributed by atoms with E-state index in [1.54, 1.807) is 12.1 Å². The minimum absolute atomic E-state index is 0.0536. The van der Waals surface area contributed by atoms with E-state index in [4.69, 9.17) is 16.0 Å². The molecular formula is C10H8BrClN2O. The third-order valence-corrected chi connectivity index (χ3v) is 2.48. The number of hydrogen-bond acceptors (Lipinski definition) is 3. The van der Waals surface area contributed by atoms with Crippen molar-refractivity contribution in [1.29, 1.82) is 0 Å². The number of rotatable bonds is 2. The molecule has 78 valence electrons. The Bertz CT molecular complexity index is 470. The van der Waals surface area contributed by atoms with E-state index in [2.05, 4.69) is 26.1 Å². The van der Waals surface area contributed by atoms with Crippen molar-refractivity contribution in [1.82, 2.24) is 10.2 Å². The molecule has 0 radical (unpaired) electrons. The van der Waals surface area contributed by atoms with Gasteiger partial charge < -0.3 is 4.42 Å². The van der Waals surface area contributed by atoms with Crippen LogP contribution >= 0.6 is 27.5 Å². The lowest BCUT2D eigenvalue weighted by Gasteiger charge is -1.95. The predicted octanol–water partition coefficient (Wildman–Crippen LogP) is 3.85. The number of nitrogens with zero attached hydrogens (tertiary/aromatic N) is 2. The molecule has 1 unspecified atom stereocenters. The third kappa shape index (κ3) is 2.38. The lowest BCUT2D eigenvalue weighted by atomic mass is 10.2. The van der Waals surface area contributed by atoms with Crippen LogP contribution in [0.15, 0.2) is 28.7 Å². The highest BCUT2D eigenvalue weighted by Gasteiger charge is 2.12. The Balaban J connectivity index is 2.37. The molecule has 15 heavy (non-hydrogen) atoms. The maximum absolute atomic E-state index is 5.86. The van der Waals surface area contributed by atoms with Crippen molar-refractivity contribution < 1.29 is 4.42 Å². The van der Waals surface area contributed by atoms with Crippen LogP contribution in [0.4, 0.5) is 0 Å². The molecule has 1 aromatic carbocycles. The summed E-state index contributed by atoms with van der Waals surface area (Å²) in [5, 5.41) is 8.51. The first-order chi connectivity index (χ1) is 7.16. The fraction of sp³-hybridized carbons (Fsp3) is 0.200. The first kappa shape index (κ1) is 10.6. The van der Waals surface area contributed by atoms with Gasteiger partial charge in [0.2, 0.25) is 11.8 Å². The molecule has 0 N–H and O–H groups in total. The van der Waals surface area contributed by atoms with Crippen LogP contribution in [0.25, 0.3) is 11.5 Å². The van der Waals surface area contributed by atoms with Gasteiger partial charge in [0.05, 0.1) is 4.83 Å². The van der Waals surface area contributed by atoms with Gasteiger partial charge in [-0.05, 0) is 25.1 Å². The highest BCUT2D eigenvalue weighted by atomic mass is 79.9. The van der Waals surface area contributed by atoms with Crippen molar-refractivity contribution >= 4 is 27.5 Å². The van der Waals surface area contributed by atoms with E-state index in [1.807, 2.05) is 19.1 Å². The molecule has 0 saturated heterocycles. The molecule has 0 fully saturated rings. The second kappa shape index (κ2) is 4.33. The van der Waals surface area contributed by atoms with Crippen LogP contribution in [-0.2, 0) is 0 Å². The zero-order valence-electron chi connectivity index (χ0n) is 7.95. The fourth-order valence-corrected chi connectivity index (χ4v) is 1.51. The summed E-state index contributed by atoms with van der Waals surface area (Å²) in [5.41, 5.74) is 0.828. The normalized spacial score (nSPS) is 12.7. The summed E-state index contributed by atoms with van der Waals surface area (Å²) in [5.74, 6) is 1.05. The van der Waals surface area contributed by atoms with Crippen molar-refractivity contribution in [3.05, 3.63) is 35.2 Å². The molecular weight excluding hydrogens is 279 g/mol. The summed E-state index contributed by atoms with van der Waals surface area (Å²) in [4.78, 5) is 0.0536. The lowest BCUT2D eigenvalue weighted by Crippen LogP contribution is -1.81. The van der Waals surface area contributed by atoms with Crippen molar-refractivity contribution in [3.8, 4) is 11.5 Å². The fourth-order valence-electron chi connectivity index (χ4n) is 1.13. The number of alkyl halides is 1. The van der Waals surface area contributed by atoms with Gasteiger partial charge in [0.1, 0.15) is 0 Å². The Kier molecular flexibility index (Phi) is 3.07. The molecule has 1 atom stereocenters. The molecule has 0 saturated carbocycles. The molecule has 1 aromatic heterocycles. The minimum atomic E-state index is 0.0536. The molecule has 0 bridgehead atoms. The summed E-state index contributed by atoms with van der Waals surface area (Å²) in [6.07, 6.45) is 0. The zero-order valence-corrected chi connectivity index (χ0v) is 10.3. The molecule has 0 spiro atoms. The van der Waals surface area contributed by atoms with Crippen LogP contribution in [-0.4, -0.2) is 10.2 Å². The third-order valence-electron chi connectivity index (χ3n) is 1.85. The highest BCUT2D eigenvalue weighted by molar-refractivity contribution is 9.09. The zero-order chi connectivity index (χ0) is 10.8. The van der Waals surface area contributed by atoms with E-state index >= 15 is 0 Å². The van der Waals surface area contributed by atoms with E-state index in [9.17, 15) is 0 Å². The van der Waals surface area contributed by atoms with Crippen LogP contribution < -0.4 is 0 Å². The first-order valence-electron chi connectivity index (χ1n) is 4.40. The first-order valence-corrected chi connectivity index (χ1v) is 5.69. The quantitative estimate of drug-likeness (QED) is 0.788. The van der Waals surface area contributed by atoms with Gasteiger partial charge in [-0.25, -0.2) is 0 Å². The van der Waals surface area contributed by atoms with Crippen molar-refractivity contribution in [2.24, 2.45) is 0 Å². The molecule has 0 amide bonds. The van der Waals surface area contributed by atoms with Crippen molar-refractivity contribution in [2.45, 2.75) is 11.8 Å². The summed E-state index contributed by atoms with van der Waals surface area (Å²) < 4.78 is 5.46. The molecule has 0 aliphatic carbocycles. The van der Waals surface area contributed by atoms with Gasteiger partial charge in [0, 0.05) is 10.6 Å². The highest BCUT2D eigenvalue weighted by Crippen LogP contribution is 2.25. The van der Waals surface area contributed by atoms with Crippen LogP contribution in [0.2, 0.25) is 5.02 Å². The van der Waals surface area contributed by atoms with Gasteiger partial charge in [0.25, 0.3) is 0 Å². The average Bonchev–Trinajstić information content (AvgIpc) is 2.66. The SMILES string of the molecule is CC(Br)c1nnc(-c2cccc(Cl)c2)o1. The van der Waals surface area contributed by atoms with Crippen LogP contribution in [0, 0.1) is 0 Å². The van der Waals surface area contributed by atoms with Crippen LogP contribution in [0.1, 0.15) is 17.6 Å². The van der Waals surface area contributed by atoms with E-state index in [-0.39, 0.29) is 4.83 Å². The monoisotopic (exact) mass is 286 g/mol. The maximum Gasteiger partial charge on any atom is 0.247 e. The van der Waals surface area contributed by atoms with Gasteiger partial charge in [0.15, 0.2) is 0 Å². The summed E-state index contributed by atoms with van der Waals surface area (Å²) in [6.45, 7) is 1.93. The van der Waals surface area contributed by atoms with Crippen LogP contribution in [0.5, 0.6) is 0 Å². The Labute approximate surface area is 101 Å². The average molecular weight is 288 g/mol. The molecule has 0 aliphatic rings. The number of hydrogen-bond donors (Lipinski definition) is 0. The van der Waals surface area contributed by atoms with Gasteiger partial charge in [-0.1, -0.05) is 33.6 Å². The van der Waals surface area contributed by atoms with Crippen molar-refractivity contribution in [2.75, 3.05) is 0 Å². The van der Waals surface area contributed by atoms with Crippen molar-refractivity contribution in [3.63, 3.8) is 0 Å². The number of aromatic nitrogens is 2. The molecule has 0 aliphatic heterocycles. The Morgan fingerprint density at radius 1 is 1.40 bits per heavy atom. The van der Waals surface area contributed by atoms with E-state index < -0.39 is 0 Å². The number of halogens is 2. The Morgan fingerprint density at radius 2 is 2.20 bits per heavy atom. The van der Waals surface area contributed by atoms with E-state index in [1.165, 1.54) is 0 Å². The second-order valence-electron chi connectivity index (χ2n) is 3.07. The van der Waals surface area contributed by atoms with Gasteiger partial charge in [-0.2, -0.15) is 0 Å². The Hall–Kier alpha value is -0.870. The van der Waals surface area contributed by atoms with E-state index in [0.717, 1.165) is 5.56 Å². The summed E-state index contributed by atoms with van der Waals surface area (Å²) in [7, 11) is 0. The topological polar surface area (TPSA) is 38.9 Å². The Morgan fingerprint density at radius 3 is 2.80 bits per heavy atom. The largest absolute Gasteiger partial charge is 0.419 e. The second-order valence-corrected chi connectivity index (χ2v) is 4.88. The van der Waals surface area contributed by atoms with E-state index in [0.29, 0.717) is 16.8 Å². The minimum Gasteiger partial charge on any atom is -0.419 e. The molecule has 2 rings (SSSR count). The standard InChI is InChI=1S/C10H8BrClN2O/c1-6(11)9-13-14-10(15-9)7-3-2-4-8(12)5-7/h2-6H,1H3. The molecule has 1 heterocycles. The molecule has 2 aromatic rings. The summed E-state index contributed by atoms with van der Waals surface area (Å²) in [6, 6.07) is 7.31. The molecule has 5 heteroatoms. The smallest absolute Gasteiger partial charge is 0.247 e. The molecule has 3 nitrogen and oxygen atoms in total. The summed E-state index contributed by atoms with van der Waals surface area (Å²) >= 11 is 9.23. The van der Waals surface area contributed by atoms with Gasteiger partial charge >= 0.3 is 0 Å². The predicted molar refractivity (Wildman–Crippen MR) is 62.1 cm³/mol. The van der Waals surface area contributed by atoms with Gasteiger partial charge in [-0.3, -0.25) is 0 Å². The van der Waals surface area contributed by atoms with Gasteiger partial charge in [-0.15, -0.1) is 10.2 Å². The lowest BCUT2D eigenvalue weighted by molar-refractivity contribution is 0.511. The number of benzene rings is 1.